The molecule has 0 aliphatic heterocycles. The van der Waals surface area contributed by atoms with Crippen molar-refractivity contribution < 1.29 is 0 Å². The van der Waals surface area contributed by atoms with Crippen molar-refractivity contribution >= 4 is 27.6 Å². The van der Waals surface area contributed by atoms with E-state index in [1.54, 1.807) is 24.8 Å². The van der Waals surface area contributed by atoms with Crippen LogP contribution in [0.3, 0.4) is 0 Å². The molecule has 3 aromatic carbocycles. The number of hydrogen-bond acceptors (Lipinski definition) is 5. The van der Waals surface area contributed by atoms with E-state index in [1.165, 1.54) is 0 Å². The number of nitrogens with zero attached hydrogens (tertiary/aromatic N) is 6. The number of para-hydroxylation sites is 1. The Morgan fingerprint density at radius 2 is 1.02 bits per heavy atom. The van der Waals surface area contributed by atoms with Crippen LogP contribution in [-0.2, 0) is 0 Å². The lowest BCUT2D eigenvalue weighted by molar-refractivity contribution is 1.22. The number of rotatable bonds is 5. The zero-order valence-electron chi connectivity index (χ0n) is 25.2. The molecule has 6 aromatic heterocycles. The molecule has 47 heavy (non-hydrogen) atoms. The first-order valence-corrected chi connectivity index (χ1v) is 15.5. The van der Waals surface area contributed by atoms with Crippen LogP contribution in [0.25, 0.3) is 83.6 Å². The van der Waals surface area contributed by atoms with E-state index in [2.05, 4.69) is 93.4 Å². The van der Waals surface area contributed by atoms with E-state index >= 15 is 0 Å². The second-order valence-corrected chi connectivity index (χ2v) is 11.5. The van der Waals surface area contributed by atoms with Gasteiger partial charge in [-0.05, 0) is 89.0 Å². The Hall–Kier alpha value is -6.53. The van der Waals surface area contributed by atoms with E-state index in [9.17, 15) is 0 Å². The number of benzene rings is 3. The summed E-state index contributed by atoms with van der Waals surface area (Å²) in [4.78, 5) is 23.6. The summed E-state index contributed by atoms with van der Waals surface area (Å²) in [5, 5.41) is 1.05. The molecule has 0 aliphatic rings. The third-order valence-corrected chi connectivity index (χ3v) is 8.59. The predicted molar refractivity (Wildman–Crippen MR) is 189 cm³/mol. The lowest BCUT2D eigenvalue weighted by Crippen LogP contribution is -1.93. The highest BCUT2D eigenvalue weighted by atomic mass is 15.0. The average molecular weight is 603 g/mol. The summed E-state index contributed by atoms with van der Waals surface area (Å²) >= 11 is 0. The summed E-state index contributed by atoms with van der Waals surface area (Å²) in [6.07, 6.45) is 9.26. The lowest BCUT2D eigenvalue weighted by atomic mass is 9.95. The van der Waals surface area contributed by atoms with E-state index in [4.69, 9.17) is 15.0 Å². The van der Waals surface area contributed by atoms with Crippen LogP contribution >= 0.6 is 0 Å². The number of imidazole rings is 1. The van der Waals surface area contributed by atoms with Crippen LogP contribution < -0.4 is 0 Å². The SMILES string of the molecule is c1cc(-c2cccc(-c3nc4ccccc4c4nc5ccccn5c34)c2)cc(-c2cc(-c3ccncc3)nc(-c3ccncc3)c2)c1. The Kier molecular flexibility index (Phi) is 6.35. The lowest BCUT2D eigenvalue weighted by Gasteiger charge is -2.12. The van der Waals surface area contributed by atoms with E-state index in [-0.39, 0.29) is 0 Å². The van der Waals surface area contributed by atoms with Gasteiger partial charge in [0.2, 0.25) is 0 Å². The Balaban J connectivity index is 1.18. The van der Waals surface area contributed by atoms with Gasteiger partial charge in [0.05, 0.1) is 28.1 Å². The smallest absolute Gasteiger partial charge is 0.137 e. The standard InChI is InChI=1S/C41H26N6/c1-2-12-35-34(11-1)40-41(47-22-4-3-13-38(47)46-40)39(45-35)32-10-6-8-30(24-32)29-7-5-9-31(23-29)33-25-36(27-14-18-42-19-15-27)44-37(26-33)28-16-20-43-21-17-28/h1-26H. The van der Waals surface area contributed by atoms with E-state index < -0.39 is 0 Å². The topological polar surface area (TPSA) is 68.9 Å². The Morgan fingerprint density at radius 3 is 1.72 bits per heavy atom. The number of aromatic nitrogens is 6. The average Bonchev–Trinajstić information content (AvgIpc) is 3.55. The molecule has 0 unspecified atom stereocenters. The Morgan fingerprint density at radius 1 is 0.426 bits per heavy atom. The molecule has 0 saturated carbocycles. The maximum Gasteiger partial charge on any atom is 0.137 e. The van der Waals surface area contributed by atoms with Crippen molar-refractivity contribution in [2.24, 2.45) is 0 Å². The largest absolute Gasteiger partial charge is 0.298 e. The summed E-state index contributed by atoms with van der Waals surface area (Å²) < 4.78 is 2.14. The maximum atomic E-state index is 5.20. The molecule has 6 heteroatoms. The third kappa shape index (κ3) is 4.80. The maximum absolute atomic E-state index is 5.20. The minimum atomic E-state index is 0.892. The van der Waals surface area contributed by atoms with E-state index in [0.717, 1.165) is 83.6 Å². The number of pyridine rings is 5. The monoisotopic (exact) mass is 602 g/mol. The molecule has 0 atom stereocenters. The van der Waals surface area contributed by atoms with Gasteiger partial charge in [0, 0.05) is 53.1 Å². The fourth-order valence-electron chi connectivity index (χ4n) is 6.32. The van der Waals surface area contributed by atoms with Crippen LogP contribution in [0, 0.1) is 0 Å². The molecular weight excluding hydrogens is 576 g/mol. The number of fused-ring (bicyclic) bond motifs is 5. The molecule has 0 N–H and O–H groups in total. The molecule has 0 bridgehead atoms. The Bertz CT molecular complexity index is 2520. The molecule has 9 aromatic rings. The molecule has 220 valence electrons. The van der Waals surface area contributed by atoms with Gasteiger partial charge in [-0.3, -0.25) is 14.4 Å². The molecule has 0 fully saturated rings. The highest BCUT2D eigenvalue weighted by molar-refractivity contribution is 6.09. The molecule has 0 saturated heterocycles. The molecule has 0 spiro atoms. The second-order valence-electron chi connectivity index (χ2n) is 11.5. The van der Waals surface area contributed by atoms with Gasteiger partial charge in [-0.25, -0.2) is 15.0 Å². The summed E-state index contributed by atoms with van der Waals surface area (Å²) in [6.45, 7) is 0. The molecule has 0 aliphatic carbocycles. The fraction of sp³-hybridized carbons (Fsp3) is 0. The molecule has 6 heterocycles. The van der Waals surface area contributed by atoms with Crippen LogP contribution in [0.2, 0.25) is 0 Å². The van der Waals surface area contributed by atoms with Crippen LogP contribution in [0.4, 0.5) is 0 Å². The van der Waals surface area contributed by atoms with Crippen LogP contribution in [0.1, 0.15) is 0 Å². The van der Waals surface area contributed by atoms with Crippen molar-refractivity contribution in [2.45, 2.75) is 0 Å². The normalized spacial score (nSPS) is 11.4. The van der Waals surface area contributed by atoms with Gasteiger partial charge < -0.3 is 0 Å². The van der Waals surface area contributed by atoms with Gasteiger partial charge in [0.1, 0.15) is 11.2 Å². The Labute approximate surface area is 270 Å². The van der Waals surface area contributed by atoms with Gasteiger partial charge in [0.25, 0.3) is 0 Å². The molecule has 0 amide bonds. The van der Waals surface area contributed by atoms with Crippen molar-refractivity contribution in [3.63, 3.8) is 0 Å². The minimum absolute atomic E-state index is 0.892. The van der Waals surface area contributed by atoms with Gasteiger partial charge in [-0.15, -0.1) is 0 Å². The summed E-state index contributed by atoms with van der Waals surface area (Å²) in [5.41, 5.74) is 14.0. The van der Waals surface area contributed by atoms with Crippen molar-refractivity contribution in [2.75, 3.05) is 0 Å². The first-order valence-electron chi connectivity index (χ1n) is 15.5. The summed E-state index contributed by atoms with van der Waals surface area (Å²) in [7, 11) is 0. The molecule has 6 nitrogen and oxygen atoms in total. The summed E-state index contributed by atoms with van der Waals surface area (Å²) in [5.74, 6) is 0. The van der Waals surface area contributed by atoms with Gasteiger partial charge >= 0.3 is 0 Å². The predicted octanol–water partition coefficient (Wildman–Crippen LogP) is 9.56. The van der Waals surface area contributed by atoms with E-state index in [1.807, 2.05) is 54.6 Å². The van der Waals surface area contributed by atoms with Gasteiger partial charge in [-0.2, -0.15) is 0 Å². The molecule has 9 rings (SSSR count). The van der Waals surface area contributed by atoms with Crippen LogP contribution in [0.15, 0.2) is 158 Å². The first kappa shape index (κ1) is 26.8. The number of hydrogen-bond donors (Lipinski definition) is 0. The molecule has 0 radical (unpaired) electrons. The zero-order valence-corrected chi connectivity index (χ0v) is 25.2. The van der Waals surface area contributed by atoms with Crippen molar-refractivity contribution in [3.05, 3.63) is 158 Å². The van der Waals surface area contributed by atoms with Crippen molar-refractivity contribution in [1.82, 2.24) is 29.3 Å². The zero-order chi connectivity index (χ0) is 31.2. The van der Waals surface area contributed by atoms with Gasteiger partial charge in [-0.1, -0.05) is 60.7 Å². The molecular formula is C41H26N6. The highest BCUT2D eigenvalue weighted by Gasteiger charge is 2.17. The highest BCUT2D eigenvalue weighted by Crippen LogP contribution is 2.36. The van der Waals surface area contributed by atoms with Crippen LogP contribution in [0.5, 0.6) is 0 Å². The van der Waals surface area contributed by atoms with Crippen molar-refractivity contribution in [1.29, 1.82) is 0 Å². The van der Waals surface area contributed by atoms with Gasteiger partial charge in [0.15, 0.2) is 0 Å². The quantitative estimate of drug-likeness (QED) is 0.196. The van der Waals surface area contributed by atoms with Crippen LogP contribution in [-0.4, -0.2) is 29.3 Å². The fourth-order valence-corrected chi connectivity index (χ4v) is 6.32. The third-order valence-electron chi connectivity index (χ3n) is 8.59. The van der Waals surface area contributed by atoms with E-state index in [0.29, 0.717) is 0 Å². The minimum Gasteiger partial charge on any atom is -0.298 e. The second kappa shape index (κ2) is 11.1. The van der Waals surface area contributed by atoms with Crippen molar-refractivity contribution in [3.8, 4) is 56.0 Å². The summed E-state index contributed by atoms with van der Waals surface area (Å²) in [6, 6.07) is 43.9. The first-order chi connectivity index (χ1) is 23.3.